The van der Waals surface area contributed by atoms with E-state index in [1.54, 1.807) is 11.3 Å². The molecule has 7 nitrogen and oxygen atoms in total. The molecule has 0 saturated heterocycles. The number of nitrogens with one attached hydrogen (secondary N) is 2. The Morgan fingerprint density at radius 3 is 3.08 bits per heavy atom. The third kappa shape index (κ3) is 4.85. The zero-order chi connectivity index (χ0) is 18.5. The third-order valence-corrected chi connectivity index (χ3v) is 6.11. The number of aromatic nitrogens is 2. The molecule has 0 aliphatic heterocycles. The first-order valence-electron chi connectivity index (χ1n) is 8.71. The summed E-state index contributed by atoms with van der Waals surface area (Å²) in [6, 6.07) is 1.66. The van der Waals surface area contributed by atoms with Gasteiger partial charge in [0.05, 0.1) is 10.6 Å². The number of fused-ring (bicyclic) bond motifs is 1. The molecule has 26 heavy (non-hydrogen) atoms. The molecular weight excluding hydrogens is 372 g/mol. The Balaban J connectivity index is 1.54. The average molecular weight is 395 g/mol. The molecule has 140 valence electrons. The summed E-state index contributed by atoms with van der Waals surface area (Å²) in [5.41, 5.74) is 1.38. The molecule has 9 heteroatoms. The van der Waals surface area contributed by atoms with Gasteiger partial charge in [-0.3, -0.25) is 10.1 Å². The molecule has 2 aromatic rings. The molecule has 3 amide bonds. The Hall–Kier alpha value is -1.87. The van der Waals surface area contributed by atoms with E-state index in [1.807, 2.05) is 6.92 Å². The first kappa shape index (κ1) is 18.9. The van der Waals surface area contributed by atoms with Gasteiger partial charge in [-0.25, -0.2) is 4.79 Å². The van der Waals surface area contributed by atoms with E-state index in [9.17, 15) is 9.59 Å². The maximum Gasteiger partial charge on any atom is 0.321 e. The highest BCUT2D eigenvalue weighted by Crippen LogP contribution is 2.37. The van der Waals surface area contributed by atoms with Crippen LogP contribution in [-0.2, 0) is 17.6 Å². The van der Waals surface area contributed by atoms with Crippen LogP contribution in [0.3, 0.4) is 0 Å². The molecule has 0 aromatic carbocycles. The van der Waals surface area contributed by atoms with E-state index in [2.05, 4.69) is 33.8 Å². The maximum atomic E-state index is 11.7. The van der Waals surface area contributed by atoms with Crippen LogP contribution in [0.2, 0.25) is 0 Å². The molecule has 1 atom stereocenters. The van der Waals surface area contributed by atoms with Gasteiger partial charge < -0.3 is 9.73 Å². The van der Waals surface area contributed by atoms with Crippen LogP contribution in [0, 0.1) is 5.92 Å². The number of thiophene rings is 1. The van der Waals surface area contributed by atoms with Crippen LogP contribution >= 0.6 is 23.1 Å². The van der Waals surface area contributed by atoms with Crippen LogP contribution in [0.5, 0.6) is 0 Å². The molecule has 0 saturated carbocycles. The van der Waals surface area contributed by atoms with Crippen LogP contribution in [0.25, 0.3) is 10.8 Å². The van der Waals surface area contributed by atoms with Gasteiger partial charge in [0, 0.05) is 11.4 Å². The van der Waals surface area contributed by atoms with E-state index in [1.165, 1.54) is 16.9 Å². The minimum Gasteiger partial charge on any atom is -0.410 e. The Bertz CT molecular complexity index is 787. The first-order valence-corrected chi connectivity index (χ1v) is 10.5. The summed E-state index contributed by atoms with van der Waals surface area (Å²) < 4.78 is 5.67. The molecule has 0 bridgehead atoms. The van der Waals surface area contributed by atoms with Gasteiger partial charge in [-0.05, 0) is 43.2 Å². The van der Waals surface area contributed by atoms with Gasteiger partial charge in [-0.1, -0.05) is 25.6 Å². The summed E-state index contributed by atoms with van der Waals surface area (Å²) in [7, 11) is 0. The summed E-state index contributed by atoms with van der Waals surface area (Å²) in [5.74, 6) is 0.843. The fraction of sp³-hybridized carbons (Fsp3) is 0.529. The predicted molar refractivity (Wildman–Crippen MR) is 101 cm³/mol. The van der Waals surface area contributed by atoms with E-state index >= 15 is 0 Å². The summed E-state index contributed by atoms with van der Waals surface area (Å²) in [6.45, 7) is 4.74. The van der Waals surface area contributed by atoms with Crippen molar-refractivity contribution in [2.45, 2.75) is 44.8 Å². The van der Waals surface area contributed by atoms with Gasteiger partial charge in [0.15, 0.2) is 0 Å². The Kier molecular flexibility index (Phi) is 6.31. The van der Waals surface area contributed by atoms with Gasteiger partial charge in [-0.2, -0.15) is 0 Å². The fourth-order valence-electron chi connectivity index (χ4n) is 2.75. The number of imide groups is 1. The number of carbonyl (C=O) groups is 2. The van der Waals surface area contributed by atoms with Gasteiger partial charge >= 0.3 is 6.03 Å². The van der Waals surface area contributed by atoms with Crippen LogP contribution < -0.4 is 10.6 Å². The average Bonchev–Trinajstić information content (AvgIpc) is 3.24. The van der Waals surface area contributed by atoms with E-state index in [0.717, 1.165) is 35.9 Å². The van der Waals surface area contributed by atoms with E-state index in [-0.39, 0.29) is 5.75 Å². The number of thioether (sulfide) groups is 1. The number of nitrogens with zero attached hydrogens (tertiary/aromatic N) is 2. The predicted octanol–water partition coefficient (Wildman–Crippen LogP) is 3.25. The highest BCUT2D eigenvalue weighted by atomic mass is 32.2. The van der Waals surface area contributed by atoms with E-state index in [4.69, 9.17) is 4.42 Å². The van der Waals surface area contributed by atoms with Crippen LogP contribution in [0.4, 0.5) is 4.79 Å². The second kappa shape index (κ2) is 8.68. The summed E-state index contributed by atoms with van der Waals surface area (Å²) in [4.78, 5) is 25.6. The number of urea groups is 1. The van der Waals surface area contributed by atoms with Crippen LogP contribution in [0.15, 0.2) is 15.7 Å². The highest BCUT2D eigenvalue weighted by molar-refractivity contribution is 7.99. The molecule has 1 aliphatic rings. The van der Waals surface area contributed by atoms with Crippen molar-refractivity contribution in [2.75, 3.05) is 12.3 Å². The van der Waals surface area contributed by atoms with Crippen molar-refractivity contribution < 1.29 is 14.0 Å². The summed E-state index contributed by atoms with van der Waals surface area (Å²) in [6.07, 6.45) is 4.24. The highest BCUT2D eigenvalue weighted by Gasteiger charge is 2.21. The molecule has 0 radical (unpaired) electrons. The molecule has 0 fully saturated rings. The molecule has 0 spiro atoms. The topological polar surface area (TPSA) is 97.1 Å². The number of aryl methyl sites for hydroxylation is 1. The number of hydrogen-bond donors (Lipinski definition) is 2. The standard InChI is InChI=1S/C17H22N4O3S2/c1-3-6-18-16(23)19-14(22)9-25-17-21-20-15(24-17)13-8-11-7-10(2)4-5-12(11)26-13/h8,10H,3-7,9H2,1-2H3,(H2,18,19,22,23)/t10-/m1/s1. The molecule has 1 aliphatic carbocycles. The zero-order valence-electron chi connectivity index (χ0n) is 14.8. The van der Waals surface area contributed by atoms with Crippen molar-refractivity contribution in [2.24, 2.45) is 5.92 Å². The number of carbonyl (C=O) groups excluding carboxylic acids is 2. The second-order valence-corrected chi connectivity index (χ2v) is 8.44. The monoisotopic (exact) mass is 394 g/mol. The summed E-state index contributed by atoms with van der Waals surface area (Å²) in [5, 5.41) is 13.2. The van der Waals surface area contributed by atoms with Crippen molar-refractivity contribution in [3.63, 3.8) is 0 Å². The van der Waals surface area contributed by atoms with Gasteiger partial charge in [0.2, 0.25) is 5.91 Å². The lowest BCUT2D eigenvalue weighted by Crippen LogP contribution is -2.40. The van der Waals surface area contributed by atoms with Crippen molar-refractivity contribution in [3.8, 4) is 10.8 Å². The molecule has 3 rings (SSSR count). The van der Waals surface area contributed by atoms with E-state index < -0.39 is 11.9 Å². The van der Waals surface area contributed by atoms with Crippen molar-refractivity contribution >= 4 is 35.0 Å². The van der Waals surface area contributed by atoms with Crippen LogP contribution in [0.1, 0.15) is 37.1 Å². The Labute approximate surface area is 160 Å². The van der Waals surface area contributed by atoms with E-state index in [0.29, 0.717) is 23.6 Å². The molecule has 2 N–H and O–H groups in total. The van der Waals surface area contributed by atoms with Crippen molar-refractivity contribution in [1.29, 1.82) is 0 Å². The molecule has 2 aromatic heterocycles. The van der Waals surface area contributed by atoms with Gasteiger partial charge in [0.25, 0.3) is 11.1 Å². The van der Waals surface area contributed by atoms with Gasteiger partial charge in [-0.15, -0.1) is 21.5 Å². The lowest BCUT2D eigenvalue weighted by Gasteiger charge is -2.16. The smallest absolute Gasteiger partial charge is 0.321 e. The molecular formula is C17H22N4O3S2. The fourth-order valence-corrected chi connectivity index (χ4v) is 4.44. The van der Waals surface area contributed by atoms with Gasteiger partial charge in [0.1, 0.15) is 0 Å². The minimum atomic E-state index is -0.484. The quantitative estimate of drug-likeness (QED) is 0.730. The summed E-state index contributed by atoms with van der Waals surface area (Å²) >= 11 is 2.82. The molecule has 0 unspecified atom stereocenters. The van der Waals surface area contributed by atoms with Crippen molar-refractivity contribution in [3.05, 3.63) is 16.5 Å². The Morgan fingerprint density at radius 2 is 2.27 bits per heavy atom. The SMILES string of the molecule is CCCNC(=O)NC(=O)CSc1nnc(-c2cc3c(s2)CC[C@@H](C)C3)o1. The molecule has 2 heterocycles. The number of hydrogen-bond acceptors (Lipinski definition) is 7. The largest absolute Gasteiger partial charge is 0.410 e. The lowest BCUT2D eigenvalue weighted by atomic mass is 9.90. The normalized spacial score (nSPS) is 16.2. The lowest BCUT2D eigenvalue weighted by molar-refractivity contribution is -0.117. The first-order chi connectivity index (χ1) is 12.5. The minimum absolute atomic E-state index is 0.0413. The third-order valence-electron chi connectivity index (χ3n) is 4.06. The number of rotatable bonds is 6. The zero-order valence-corrected chi connectivity index (χ0v) is 16.5. The van der Waals surface area contributed by atoms with Crippen LogP contribution in [-0.4, -0.2) is 34.4 Å². The number of amides is 3. The van der Waals surface area contributed by atoms with Crippen molar-refractivity contribution in [1.82, 2.24) is 20.8 Å². The Morgan fingerprint density at radius 1 is 1.42 bits per heavy atom. The maximum absolute atomic E-state index is 11.7. The second-order valence-electron chi connectivity index (χ2n) is 6.37.